The van der Waals surface area contributed by atoms with Crippen molar-refractivity contribution in [2.75, 3.05) is 6.54 Å². The third kappa shape index (κ3) is 3.55. The van der Waals surface area contributed by atoms with E-state index < -0.39 is 4.92 Å². The standard InChI is InChI=1S/C15H16N2O3/c16-9-8-12-6-7-15(14(10-12)17(18)19)20-11-13-4-2-1-3-5-13/h1-7,10H,8-9,11,16H2. The lowest BCUT2D eigenvalue weighted by Crippen LogP contribution is -2.04. The predicted octanol–water partition coefficient (Wildman–Crippen LogP) is 2.68. The minimum Gasteiger partial charge on any atom is -0.482 e. The molecule has 2 aromatic carbocycles. The van der Waals surface area contributed by atoms with E-state index in [0.29, 0.717) is 19.6 Å². The molecule has 0 bridgehead atoms. The summed E-state index contributed by atoms with van der Waals surface area (Å²) in [5.74, 6) is 0.277. The summed E-state index contributed by atoms with van der Waals surface area (Å²) < 4.78 is 5.54. The second-order valence-corrected chi connectivity index (χ2v) is 4.37. The first-order chi connectivity index (χ1) is 9.70. The van der Waals surface area contributed by atoms with Crippen LogP contribution in [0.5, 0.6) is 5.75 Å². The van der Waals surface area contributed by atoms with Crippen LogP contribution in [0.25, 0.3) is 0 Å². The highest BCUT2D eigenvalue weighted by Crippen LogP contribution is 2.28. The molecule has 0 atom stereocenters. The molecule has 0 aliphatic heterocycles. The van der Waals surface area contributed by atoms with E-state index in [4.69, 9.17) is 10.5 Å². The summed E-state index contributed by atoms with van der Waals surface area (Å²) in [4.78, 5) is 10.7. The summed E-state index contributed by atoms with van der Waals surface area (Å²) in [5, 5.41) is 11.1. The Balaban J connectivity index is 2.16. The maximum absolute atomic E-state index is 11.1. The number of hydrogen-bond acceptors (Lipinski definition) is 4. The van der Waals surface area contributed by atoms with E-state index in [1.165, 1.54) is 6.07 Å². The van der Waals surface area contributed by atoms with Crippen LogP contribution < -0.4 is 10.5 Å². The molecule has 0 aromatic heterocycles. The highest BCUT2D eigenvalue weighted by atomic mass is 16.6. The maximum atomic E-state index is 11.1. The van der Waals surface area contributed by atoms with Crippen molar-refractivity contribution in [1.29, 1.82) is 0 Å². The number of rotatable bonds is 6. The molecule has 0 fully saturated rings. The lowest BCUT2D eigenvalue weighted by Gasteiger charge is -2.08. The molecule has 5 heteroatoms. The second kappa shape index (κ2) is 6.68. The number of nitrogens with zero attached hydrogens (tertiary/aromatic N) is 1. The van der Waals surface area contributed by atoms with Gasteiger partial charge in [0, 0.05) is 6.07 Å². The Kier molecular flexibility index (Phi) is 4.68. The zero-order chi connectivity index (χ0) is 14.4. The quantitative estimate of drug-likeness (QED) is 0.647. The Morgan fingerprint density at radius 3 is 2.50 bits per heavy atom. The van der Waals surface area contributed by atoms with Crippen molar-refractivity contribution >= 4 is 5.69 Å². The van der Waals surface area contributed by atoms with Gasteiger partial charge in [-0.05, 0) is 30.2 Å². The first-order valence-corrected chi connectivity index (χ1v) is 6.35. The SMILES string of the molecule is NCCc1ccc(OCc2ccccc2)c([N+](=O)[O-])c1. The molecule has 0 saturated carbocycles. The van der Waals surface area contributed by atoms with Crippen molar-refractivity contribution in [1.82, 2.24) is 0 Å². The van der Waals surface area contributed by atoms with Crippen molar-refractivity contribution in [2.45, 2.75) is 13.0 Å². The average Bonchev–Trinajstić information content (AvgIpc) is 2.47. The topological polar surface area (TPSA) is 78.4 Å². The zero-order valence-corrected chi connectivity index (χ0v) is 11.0. The Bertz CT molecular complexity index is 585. The van der Waals surface area contributed by atoms with Crippen LogP contribution >= 0.6 is 0 Å². The van der Waals surface area contributed by atoms with E-state index in [1.54, 1.807) is 12.1 Å². The number of benzene rings is 2. The number of hydrogen-bond donors (Lipinski definition) is 1. The fourth-order valence-corrected chi connectivity index (χ4v) is 1.89. The zero-order valence-electron chi connectivity index (χ0n) is 11.0. The third-order valence-electron chi connectivity index (χ3n) is 2.89. The average molecular weight is 272 g/mol. The van der Waals surface area contributed by atoms with Crippen molar-refractivity contribution in [2.24, 2.45) is 5.73 Å². The van der Waals surface area contributed by atoms with Gasteiger partial charge in [-0.15, -0.1) is 0 Å². The van der Waals surface area contributed by atoms with Crippen LogP contribution in [-0.2, 0) is 13.0 Å². The molecule has 5 nitrogen and oxygen atoms in total. The third-order valence-corrected chi connectivity index (χ3v) is 2.89. The molecule has 0 unspecified atom stereocenters. The van der Waals surface area contributed by atoms with E-state index in [2.05, 4.69) is 0 Å². The fraction of sp³-hybridized carbons (Fsp3) is 0.200. The summed E-state index contributed by atoms with van der Waals surface area (Å²) in [6.45, 7) is 0.763. The Hall–Kier alpha value is -2.40. The lowest BCUT2D eigenvalue weighted by molar-refractivity contribution is -0.386. The molecule has 20 heavy (non-hydrogen) atoms. The molecule has 0 aliphatic carbocycles. The van der Waals surface area contributed by atoms with Crippen molar-refractivity contribution in [3.8, 4) is 5.75 Å². The van der Waals surface area contributed by atoms with Gasteiger partial charge in [-0.1, -0.05) is 36.4 Å². The smallest absolute Gasteiger partial charge is 0.311 e. The molecule has 0 aliphatic rings. The van der Waals surface area contributed by atoms with Gasteiger partial charge in [0.15, 0.2) is 5.75 Å². The van der Waals surface area contributed by atoms with E-state index in [-0.39, 0.29) is 11.4 Å². The number of nitrogens with two attached hydrogens (primary N) is 1. The van der Waals surface area contributed by atoms with Gasteiger partial charge < -0.3 is 10.5 Å². The predicted molar refractivity (Wildman–Crippen MR) is 76.6 cm³/mol. The first kappa shape index (κ1) is 14.0. The highest BCUT2D eigenvalue weighted by molar-refractivity contribution is 5.48. The Labute approximate surface area is 117 Å². The molecular weight excluding hydrogens is 256 g/mol. The monoisotopic (exact) mass is 272 g/mol. The van der Waals surface area contributed by atoms with E-state index in [0.717, 1.165) is 11.1 Å². The first-order valence-electron chi connectivity index (χ1n) is 6.35. The van der Waals surface area contributed by atoms with Gasteiger partial charge in [0.1, 0.15) is 6.61 Å². The second-order valence-electron chi connectivity index (χ2n) is 4.37. The van der Waals surface area contributed by atoms with Gasteiger partial charge in [0.25, 0.3) is 0 Å². The van der Waals surface area contributed by atoms with Crippen molar-refractivity contribution < 1.29 is 9.66 Å². The molecular formula is C15H16N2O3. The van der Waals surface area contributed by atoms with Crippen molar-refractivity contribution in [3.05, 3.63) is 69.8 Å². The van der Waals surface area contributed by atoms with Gasteiger partial charge in [-0.25, -0.2) is 0 Å². The van der Waals surface area contributed by atoms with Crippen LogP contribution in [0, 0.1) is 10.1 Å². The van der Waals surface area contributed by atoms with Crippen molar-refractivity contribution in [3.63, 3.8) is 0 Å². The van der Waals surface area contributed by atoms with Gasteiger partial charge in [0.05, 0.1) is 4.92 Å². The van der Waals surface area contributed by atoms with E-state index >= 15 is 0 Å². The summed E-state index contributed by atoms with van der Waals surface area (Å²) in [7, 11) is 0. The summed E-state index contributed by atoms with van der Waals surface area (Å²) >= 11 is 0. The fourth-order valence-electron chi connectivity index (χ4n) is 1.89. The van der Waals surface area contributed by atoms with Gasteiger partial charge in [0.2, 0.25) is 0 Å². The lowest BCUT2D eigenvalue weighted by atomic mass is 10.1. The van der Waals surface area contributed by atoms with E-state index in [1.807, 2.05) is 30.3 Å². The minimum absolute atomic E-state index is 0.0214. The molecule has 0 heterocycles. The van der Waals surface area contributed by atoms with Crippen LogP contribution in [0.3, 0.4) is 0 Å². The summed E-state index contributed by atoms with van der Waals surface area (Å²) in [6.07, 6.45) is 0.611. The van der Waals surface area contributed by atoms with Crippen LogP contribution in [-0.4, -0.2) is 11.5 Å². The number of ether oxygens (including phenoxy) is 1. The molecule has 0 spiro atoms. The molecule has 0 saturated heterocycles. The van der Waals surface area contributed by atoms with Crippen LogP contribution in [0.15, 0.2) is 48.5 Å². The molecule has 2 N–H and O–H groups in total. The summed E-state index contributed by atoms with van der Waals surface area (Å²) in [5.41, 5.74) is 7.24. The molecule has 0 amide bonds. The maximum Gasteiger partial charge on any atom is 0.311 e. The van der Waals surface area contributed by atoms with Gasteiger partial charge >= 0.3 is 5.69 Å². The normalized spacial score (nSPS) is 10.2. The van der Waals surface area contributed by atoms with Crippen LogP contribution in [0.1, 0.15) is 11.1 Å². The summed E-state index contributed by atoms with van der Waals surface area (Å²) in [6, 6.07) is 14.5. The molecule has 104 valence electrons. The van der Waals surface area contributed by atoms with Crippen LogP contribution in [0.2, 0.25) is 0 Å². The largest absolute Gasteiger partial charge is 0.482 e. The van der Waals surface area contributed by atoms with Gasteiger partial charge in [-0.3, -0.25) is 10.1 Å². The number of nitro benzene ring substituents is 1. The Morgan fingerprint density at radius 1 is 1.10 bits per heavy atom. The van der Waals surface area contributed by atoms with E-state index in [9.17, 15) is 10.1 Å². The molecule has 0 radical (unpaired) electrons. The highest BCUT2D eigenvalue weighted by Gasteiger charge is 2.15. The van der Waals surface area contributed by atoms with Gasteiger partial charge in [-0.2, -0.15) is 0 Å². The van der Waals surface area contributed by atoms with Crippen LogP contribution in [0.4, 0.5) is 5.69 Å². The Morgan fingerprint density at radius 2 is 1.85 bits per heavy atom. The molecule has 2 aromatic rings. The minimum atomic E-state index is -0.430. The molecule has 2 rings (SSSR count). The number of nitro groups is 1.